The normalized spacial score (nSPS) is 18.4. The molecule has 0 aromatic heterocycles. The molecule has 0 bridgehead atoms. The monoisotopic (exact) mass is 323 g/mol. The van der Waals surface area contributed by atoms with Gasteiger partial charge in [-0.05, 0) is 17.5 Å². The summed E-state index contributed by atoms with van der Waals surface area (Å²) in [4.78, 5) is 14.6. The van der Waals surface area contributed by atoms with Crippen LogP contribution in [0.5, 0.6) is 11.5 Å². The van der Waals surface area contributed by atoms with Crippen molar-refractivity contribution in [1.29, 1.82) is 0 Å². The van der Waals surface area contributed by atoms with E-state index in [0.717, 1.165) is 29.4 Å². The molecule has 1 fully saturated rings. The van der Waals surface area contributed by atoms with Gasteiger partial charge in [-0.2, -0.15) is 0 Å². The second-order valence-corrected chi connectivity index (χ2v) is 7.84. The van der Waals surface area contributed by atoms with Crippen LogP contribution in [0.4, 0.5) is 0 Å². The maximum absolute atomic E-state index is 12.6. The lowest BCUT2D eigenvalue weighted by atomic mass is 9.91. The molecule has 1 unspecified atom stereocenters. The van der Waals surface area contributed by atoms with E-state index in [0.29, 0.717) is 6.42 Å². The Morgan fingerprint density at radius 2 is 2.05 bits per heavy atom. The first-order valence-corrected chi connectivity index (χ1v) is 8.53. The Bertz CT molecular complexity index is 539. The van der Waals surface area contributed by atoms with Crippen LogP contribution in [0.3, 0.4) is 0 Å². The molecule has 1 aliphatic rings. The largest absolute Gasteiger partial charge is 0.497 e. The van der Waals surface area contributed by atoms with Gasteiger partial charge in [0.15, 0.2) is 0 Å². The number of carbonyl (C=O) groups is 1. The molecule has 1 amide bonds. The van der Waals surface area contributed by atoms with Gasteiger partial charge in [-0.15, -0.1) is 11.8 Å². The number of hydrogen-bond acceptors (Lipinski definition) is 4. The molecule has 0 N–H and O–H groups in total. The van der Waals surface area contributed by atoms with Crippen LogP contribution in [-0.2, 0) is 4.79 Å². The minimum Gasteiger partial charge on any atom is -0.497 e. The molecule has 1 saturated heterocycles. The van der Waals surface area contributed by atoms with Crippen molar-refractivity contribution in [2.24, 2.45) is 5.41 Å². The zero-order valence-electron chi connectivity index (χ0n) is 14.0. The van der Waals surface area contributed by atoms with Gasteiger partial charge in [-0.3, -0.25) is 4.79 Å². The first-order valence-electron chi connectivity index (χ1n) is 7.49. The molecule has 1 aromatic carbocycles. The van der Waals surface area contributed by atoms with Crippen LogP contribution in [-0.4, -0.2) is 37.3 Å². The van der Waals surface area contributed by atoms with E-state index in [1.165, 1.54) is 0 Å². The Labute approximate surface area is 137 Å². The molecule has 0 radical (unpaired) electrons. The molecule has 22 heavy (non-hydrogen) atoms. The second-order valence-electron chi connectivity index (χ2n) is 6.66. The van der Waals surface area contributed by atoms with Crippen LogP contribution in [0, 0.1) is 5.41 Å². The third-order valence-electron chi connectivity index (χ3n) is 3.60. The zero-order valence-corrected chi connectivity index (χ0v) is 14.8. The highest BCUT2D eigenvalue weighted by Crippen LogP contribution is 2.43. The van der Waals surface area contributed by atoms with E-state index >= 15 is 0 Å². The van der Waals surface area contributed by atoms with Crippen molar-refractivity contribution in [2.45, 2.75) is 32.6 Å². The number of nitrogens with zero attached hydrogens (tertiary/aromatic N) is 1. The highest BCUT2D eigenvalue weighted by molar-refractivity contribution is 7.99. The molecular formula is C17H25NO3S. The standard InChI is InChI=1S/C17H25NO3S/c1-17(2,3)11-15(19)18-8-9-22-16(18)13-7-6-12(20-4)10-14(13)21-5/h6-7,10,16H,8-9,11H2,1-5H3. The van der Waals surface area contributed by atoms with Gasteiger partial charge in [0.05, 0.1) is 14.2 Å². The van der Waals surface area contributed by atoms with E-state index in [-0.39, 0.29) is 16.7 Å². The van der Waals surface area contributed by atoms with Crippen molar-refractivity contribution < 1.29 is 14.3 Å². The third kappa shape index (κ3) is 3.88. The summed E-state index contributed by atoms with van der Waals surface area (Å²) in [5.41, 5.74) is 1.03. The van der Waals surface area contributed by atoms with E-state index in [1.807, 2.05) is 23.1 Å². The second kappa shape index (κ2) is 6.82. The maximum atomic E-state index is 12.6. The van der Waals surface area contributed by atoms with Gasteiger partial charge < -0.3 is 14.4 Å². The third-order valence-corrected chi connectivity index (χ3v) is 4.84. The summed E-state index contributed by atoms with van der Waals surface area (Å²) in [6, 6.07) is 5.79. The molecule has 1 atom stereocenters. The van der Waals surface area contributed by atoms with Gasteiger partial charge in [0, 0.05) is 30.3 Å². The molecule has 0 saturated carbocycles. The van der Waals surface area contributed by atoms with Gasteiger partial charge >= 0.3 is 0 Å². The molecule has 1 aliphatic heterocycles. The quantitative estimate of drug-likeness (QED) is 0.846. The van der Waals surface area contributed by atoms with Crippen molar-refractivity contribution in [3.05, 3.63) is 23.8 Å². The van der Waals surface area contributed by atoms with Crippen LogP contribution in [0.2, 0.25) is 0 Å². The summed E-state index contributed by atoms with van der Waals surface area (Å²) in [6.07, 6.45) is 0.558. The number of thioether (sulfide) groups is 1. The van der Waals surface area contributed by atoms with Crippen molar-refractivity contribution in [1.82, 2.24) is 4.90 Å². The van der Waals surface area contributed by atoms with Crippen LogP contribution >= 0.6 is 11.8 Å². The Morgan fingerprint density at radius 1 is 1.32 bits per heavy atom. The Balaban J connectivity index is 2.25. The average molecular weight is 323 g/mol. The summed E-state index contributed by atoms with van der Waals surface area (Å²) in [7, 11) is 3.29. The summed E-state index contributed by atoms with van der Waals surface area (Å²) in [5.74, 6) is 2.69. The molecule has 0 spiro atoms. The Morgan fingerprint density at radius 3 is 2.64 bits per heavy atom. The molecule has 0 aliphatic carbocycles. The fourth-order valence-electron chi connectivity index (χ4n) is 2.56. The summed E-state index contributed by atoms with van der Waals surface area (Å²) in [5, 5.41) is 0.0238. The van der Waals surface area contributed by atoms with E-state index in [9.17, 15) is 4.79 Å². The van der Waals surface area contributed by atoms with Gasteiger partial charge in [0.1, 0.15) is 16.9 Å². The van der Waals surface area contributed by atoms with Gasteiger partial charge in [0.2, 0.25) is 5.91 Å². The fraction of sp³-hybridized carbons (Fsp3) is 0.588. The molecule has 1 heterocycles. The average Bonchev–Trinajstić information content (AvgIpc) is 2.94. The first kappa shape index (κ1) is 17.0. The Kier molecular flexibility index (Phi) is 5.27. The van der Waals surface area contributed by atoms with Crippen LogP contribution in [0.15, 0.2) is 18.2 Å². The van der Waals surface area contributed by atoms with E-state index in [4.69, 9.17) is 9.47 Å². The minimum atomic E-state index is -0.00111. The van der Waals surface area contributed by atoms with Gasteiger partial charge in [-0.1, -0.05) is 20.8 Å². The number of benzene rings is 1. The highest BCUT2D eigenvalue weighted by atomic mass is 32.2. The lowest BCUT2D eigenvalue weighted by molar-refractivity contribution is -0.133. The van der Waals surface area contributed by atoms with Gasteiger partial charge in [0.25, 0.3) is 0 Å². The topological polar surface area (TPSA) is 38.8 Å². The van der Waals surface area contributed by atoms with Gasteiger partial charge in [-0.25, -0.2) is 0 Å². The lowest BCUT2D eigenvalue weighted by Gasteiger charge is -2.28. The van der Waals surface area contributed by atoms with E-state index in [1.54, 1.807) is 26.0 Å². The molecule has 2 rings (SSSR count). The van der Waals surface area contributed by atoms with Crippen LogP contribution in [0.25, 0.3) is 0 Å². The predicted molar refractivity (Wildman–Crippen MR) is 90.5 cm³/mol. The summed E-state index contributed by atoms with van der Waals surface area (Å²) < 4.78 is 10.7. The SMILES string of the molecule is COc1ccc(C2SCCN2C(=O)CC(C)(C)C)c(OC)c1. The molecular weight excluding hydrogens is 298 g/mol. The summed E-state index contributed by atoms with van der Waals surface area (Å²) in [6.45, 7) is 7.07. The molecule has 5 heteroatoms. The first-order chi connectivity index (χ1) is 10.4. The maximum Gasteiger partial charge on any atom is 0.224 e. The zero-order chi connectivity index (χ0) is 16.3. The summed E-state index contributed by atoms with van der Waals surface area (Å²) >= 11 is 1.79. The molecule has 4 nitrogen and oxygen atoms in total. The van der Waals surface area contributed by atoms with Crippen LogP contribution < -0.4 is 9.47 Å². The number of ether oxygens (including phenoxy) is 2. The van der Waals surface area contributed by atoms with Crippen molar-refractivity contribution >= 4 is 17.7 Å². The highest BCUT2D eigenvalue weighted by Gasteiger charge is 2.34. The Hall–Kier alpha value is -1.36. The van der Waals surface area contributed by atoms with E-state index in [2.05, 4.69) is 20.8 Å². The predicted octanol–water partition coefficient (Wildman–Crippen LogP) is 3.71. The molecule has 122 valence electrons. The number of hydrogen-bond donors (Lipinski definition) is 0. The lowest BCUT2D eigenvalue weighted by Crippen LogP contribution is -2.33. The number of rotatable bonds is 4. The smallest absolute Gasteiger partial charge is 0.224 e. The number of carbonyl (C=O) groups excluding carboxylic acids is 1. The number of methoxy groups -OCH3 is 2. The fourth-order valence-corrected chi connectivity index (χ4v) is 3.86. The van der Waals surface area contributed by atoms with E-state index < -0.39 is 0 Å². The van der Waals surface area contributed by atoms with Crippen LogP contribution in [0.1, 0.15) is 38.1 Å². The van der Waals surface area contributed by atoms with Crippen molar-refractivity contribution in [3.8, 4) is 11.5 Å². The van der Waals surface area contributed by atoms with Crippen molar-refractivity contribution in [3.63, 3.8) is 0 Å². The van der Waals surface area contributed by atoms with Crippen molar-refractivity contribution in [2.75, 3.05) is 26.5 Å². The number of amides is 1. The molecule has 1 aromatic rings. The minimum absolute atomic E-state index is 0.00111.